The van der Waals surface area contributed by atoms with Crippen LogP contribution in [0.1, 0.15) is 12.6 Å². The lowest BCUT2D eigenvalue weighted by Crippen LogP contribution is -2.42. The number of carbonyl (C=O) groups is 1. The van der Waals surface area contributed by atoms with E-state index in [1.165, 1.54) is 4.57 Å². The fourth-order valence-corrected chi connectivity index (χ4v) is 2.75. The van der Waals surface area contributed by atoms with Gasteiger partial charge in [-0.3, -0.25) is 18.7 Å². The summed E-state index contributed by atoms with van der Waals surface area (Å²) in [5.41, 5.74) is 0.349. The lowest BCUT2D eigenvalue weighted by Gasteiger charge is -2.12. The van der Waals surface area contributed by atoms with Gasteiger partial charge in [0.05, 0.1) is 10.9 Å². The van der Waals surface area contributed by atoms with Crippen LogP contribution in [0.5, 0.6) is 0 Å². The largest absolute Gasteiger partial charge is 0.331 e. The molecular formula is C18H18N4O3. The number of aromatic nitrogens is 3. The van der Waals surface area contributed by atoms with Crippen LogP contribution in [0.4, 0.5) is 5.82 Å². The Kier molecular flexibility index (Phi) is 4.47. The fourth-order valence-electron chi connectivity index (χ4n) is 2.75. The minimum absolute atomic E-state index is 0.363. The highest BCUT2D eigenvalue weighted by atomic mass is 16.2. The molecule has 2 aromatic heterocycles. The van der Waals surface area contributed by atoms with Crippen molar-refractivity contribution in [1.82, 2.24) is 14.1 Å². The summed E-state index contributed by atoms with van der Waals surface area (Å²) in [5, 5.41) is 3.02. The highest BCUT2D eigenvalue weighted by Gasteiger charge is 2.14. The molecule has 1 amide bonds. The van der Waals surface area contributed by atoms with Crippen LogP contribution < -0.4 is 16.6 Å². The molecule has 128 valence electrons. The van der Waals surface area contributed by atoms with Gasteiger partial charge in [-0.1, -0.05) is 18.2 Å². The first-order valence-corrected chi connectivity index (χ1v) is 7.97. The number of carbonyl (C=O) groups excluding carboxylic acids is 1. The summed E-state index contributed by atoms with van der Waals surface area (Å²) in [6.45, 7) is 3.67. The Hall–Kier alpha value is -3.22. The van der Waals surface area contributed by atoms with Gasteiger partial charge in [-0.25, -0.2) is 9.78 Å². The van der Waals surface area contributed by atoms with Gasteiger partial charge >= 0.3 is 5.69 Å². The smallest absolute Gasteiger partial charge is 0.309 e. The Balaban J connectivity index is 2.00. The number of benzene rings is 1. The SMILES string of the molecule is CCn1c(=O)n(CC(=O)Nc2cccc(C)n2)c(=O)c2ccccc21. The molecule has 0 spiro atoms. The van der Waals surface area contributed by atoms with E-state index in [4.69, 9.17) is 0 Å². The summed E-state index contributed by atoms with van der Waals surface area (Å²) >= 11 is 0. The molecule has 25 heavy (non-hydrogen) atoms. The van der Waals surface area contributed by atoms with Crippen LogP contribution in [-0.2, 0) is 17.9 Å². The zero-order valence-electron chi connectivity index (χ0n) is 14.0. The monoisotopic (exact) mass is 338 g/mol. The van der Waals surface area contributed by atoms with E-state index in [2.05, 4.69) is 10.3 Å². The van der Waals surface area contributed by atoms with Crippen molar-refractivity contribution in [3.63, 3.8) is 0 Å². The summed E-state index contributed by atoms with van der Waals surface area (Å²) in [4.78, 5) is 41.7. The topological polar surface area (TPSA) is 86.0 Å². The van der Waals surface area contributed by atoms with E-state index < -0.39 is 17.2 Å². The predicted octanol–water partition coefficient (Wildman–Crippen LogP) is 1.53. The Morgan fingerprint density at radius 1 is 1.08 bits per heavy atom. The average Bonchev–Trinajstić information content (AvgIpc) is 2.59. The van der Waals surface area contributed by atoms with E-state index in [9.17, 15) is 14.4 Å². The van der Waals surface area contributed by atoms with Gasteiger partial charge in [0.15, 0.2) is 0 Å². The lowest BCUT2D eigenvalue weighted by atomic mass is 10.2. The number of fused-ring (bicyclic) bond motifs is 1. The minimum atomic E-state index is -0.501. The zero-order chi connectivity index (χ0) is 18.0. The summed E-state index contributed by atoms with van der Waals surface area (Å²) in [5.74, 6) is -0.0927. The number of para-hydroxylation sites is 1. The van der Waals surface area contributed by atoms with Crippen LogP contribution in [0, 0.1) is 6.92 Å². The van der Waals surface area contributed by atoms with Crippen molar-refractivity contribution in [2.24, 2.45) is 0 Å². The number of hydrogen-bond acceptors (Lipinski definition) is 4. The molecular weight excluding hydrogens is 320 g/mol. The minimum Gasteiger partial charge on any atom is -0.309 e. The molecule has 7 nitrogen and oxygen atoms in total. The highest BCUT2D eigenvalue weighted by molar-refractivity contribution is 5.89. The van der Waals surface area contributed by atoms with Crippen molar-refractivity contribution in [3.8, 4) is 0 Å². The van der Waals surface area contributed by atoms with Crippen molar-refractivity contribution in [1.29, 1.82) is 0 Å². The third-order valence-corrected chi connectivity index (χ3v) is 3.91. The molecule has 0 radical (unpaired) electrons. The quantitative estimate of drug-likeness (QED) is 0.781. The molecule has 0 atom stereocenters. The van der Waals surface area contributed by atoms with Gasteiger partial charge in [0, 0.05) is 12.2 Å². The van der Waals surface area contributed by atoms with E-state index in [1.807, 2.05) is 19.9 Å². The Morgan fingerprint density at radius 2 is 1.84 bits per heavy atom. The maximum Gasteiger partial charge on any atom is 0.331 e. The predicted molar refractivity (Wildman–Crippen MR) is 95.7 cm³/mol. The normalized spacial score (nSPS) is 10.8. The number of hydrogen-bond donors (Lipinski definition) is 1. The van der Waals surface area contributed by atoms with E-state index in [0.717, 1.165) is 10.3 Å². The summed E-state index contributed by atoms with van der Waals surface area (Å²) in [6.07, 6.45) is 0. The number of aryl methyl sites for hydroxylation is 2. The van der Waals surface area contributed by atoms with Gasteiger partial charge in [-0.2, -0.15) is 0 Å². The Bertz CT molecular complexity index is 1070. The first-order chi connectivity index (χ1) is 12.0. The number of amides is 1. The number of nitrogens with zero attached hydrogens (tertiary/aromatic N) is 3. The molecule has 3 rings (SSSR count). The van der Waals surface area contributed by atoms with Gasteiger partial charge in [-0.05, 0) is 38.1 Å². The fraction of sp³-hybridized carbons (Fsp3) is 0.222. The van der Waals surface area contributed by atoms with Crippen LogP contribution in [0.2, 0.25) is 0 Å². The molecule has 0 saturated carbocycles. The van der Waals surface area contributed by atoms with Crippen molar-refractivity contribution in [2.75, 3.05) is 5.32 Å². The zero-order valence-corrected chi connectivity index (χ0v) is 14.0. The summed E-state index contributed by atoms with van der Waals surface area (Å²) in [7, 11) is 0. The lowest BCUT2D eigenvalue weighted by molar-refractivity contribution is -0.116. The third kappa shape index (κ3) is 3.21. The van der Waals surface area contributed by atoms with Crippen molar-refractivity contribution < 1.29 is 4.79 Å². The van der Waals surface area contributed by atoms with Gasteiger partial charge in [-0.15, -0.1) is 0 Å². The standard InChI is InChI=1S/C18H18N4O3/c1-3-21-14-9-5-4-8-13(14)17(24)22(18(21)25)11-16(23)20-15-10-6-7-12(2)19-15/h4-10H,3,11H2,1-2H3,(H,19,20,23). The van der Waals surface area contributed by atoms with E-state index in [-0.39, 0.29) is 6.54 Å². The molecule has 0 aliphatic carbocycles. The first-order valence-electron chi connectivity index (χ1n) is 7.97. The second kappa shape index (κ2) is 6.72. The molecule has 0 bridgehead atoms. The van der Waals surface area contributed by atoms with Crippen LogP contribution in [0.15, 0.2) is 52.1 Å². The maximum absolute atomic E-state index is 12.6. The Labute approximate surface area is 143 Å². The van der Waals surface area contributed by atoms with Crippen LogP contribution >= 0.6 is 0 Å². The second-order valence-corrected chi connectivity index (χ2v) is 5.65. The second-order valence-electron chi connectivity index (χ2n) is 5.65. The molecule has 2 heterocycles. The average molecular weight is 338 g/mol. The van der Waals surface area contributed by atoms with Crippen molar-refractivity contribution >= 4 is 22.6 Å². The molecule has 0 saturated heterocycles. The van der Waals surface area contributed by atoms with E-state index in [1.54, 1.807) is 36.4 Å². The molecule has 0 fully saturated rings. The molecule has 1 aromatic carbocycles. The van der Waals surface area contributed by atoms with Crippen LogP contribution in [0.25, 0.3) is 10.9 Å². The van der Waals surface area contributed by atoms with Gasteiger partial charge in [0.25, 0.3) is 5.56 Å². The van der Waals surface area contributed by atoms with Gasteiger partial charge in [0.2, 0.25) is 5.91 Å². The van der Waals surface area contributed by atoms with Crippen molar-refractivity contribution in [2.45, 2.75) is 26.9 Å². The molecule has 0 unspecified atom stereocenters. The molecule has 0 aliphatic rings. The third-order valence-electron chi connectivity index (χ3n) is 3.91. The molecule has 3 aromatic rings. The van der Waals surface area contributed by atoms with Crippen molar-refractivity contribution in [3.05, 3.63) is 69.0 Å². The van der Waals surface area contributed by atoms with E-state index in [0.29, 0.717) is 23.3 Å². The summed E-state index contributed by atoms with van der Waals surface area (Å²) < 4.78 is 2.44. The maximum atomic E-state index is 12.6. The van der Waals surface area contributed by atoms with Gasteiger partial charge < -0.3 is 5.32 Å². The summed E-state index contributed by atoms with van der Waals surface area (Å²) in [6, 6.07) is 12.1. The Morgan fingerprint density at radius 3 is 2.56 bits per heavy atom. The number of pyridine rings is 1. The number of anilines is 1. The van der Waals surface area contributed by atoms with Crippen LogP contribution in [0.3, 0.4) is 0 Å². The number of nitrogens with one attached hydrogen (secondary N) is 1. The first kappa shape index (κ1) is 16.6. The molecule has 7 heteroatoms. The van der Waals surface area contributed by atoms with Gasteiger partial charge in [0.1, 0.15) is 12.4 Å². The highest BCUT2D eigenvalue weighted by Crippen LogP contribution is 2.07. The molecule has 1 N–H and O–H groups in total. The number of rotatable bonds is 4. The van der Waals surface area contributed by atoms with E-state index >= 15 is 0 Å². The van der Waals surface area contributed by atoms with Crippen LogP contribution in [-0.4, -0.2) is 20.0 Å². The molecule has 0 aliphatic heterocycles.